The lowest BCUT2D eigenvalue weighted by Gasteiger charge is -2.38. The zero-order valence-electron chi connectivity index (χ0n) is 17.8. The minimum atomic E-state index is -0.830. The maximum Gasteiger partial charge on any atom is 0.262 e. The molecule has 5 rings (SSSR count). The van der Waals surface area contributed by atoms with E-state index in [9.17, 15) is 9.90 Å². The third-order valence-corrected chi connectivity index (χ3v) is 8.63. The van der Waals surface area contributed by atoms with E-state index in [0.717, 1.165) is 47.3 Å². The first-order valence-corrected chi connectivity index (χ1v) is 12.8. The molecule has 1 atom stereocenters. The minimum absolute atomic E-state index is 0.0642. The van der Waals surface area contributed by atoms with E-state index in [2.05, 4.69) is 22.3 Å². The summed E-state index contributed by atoms with van der Waals surface area (Å²) < 4.78 is 5.46. The Labute approximate surface area is 206 Å². The zero-order chi connectivity index (χ0) is 22.8. The molecular formula is C25H23ClN2O3S2. The Morgan fingerprint density at radius 1 is 1.06 bits per heavy atom. The van der Waals surface area contributed by atoms with Gasteiger partial charge in [-0.3, -0.25) is 4.79 Å². The third kappa shape index (κ3) is 4.38. The normalized spacial score (nSPS) is 21.2. The summed E-state index contributed by atoms with van der Waals surface area (Å²) >= 11 is 9.04. The van der Waals surface area contributed by atoms with E-state index in [1.54, 1.807) is 17.4 Å². The Kier molecular flexibility index (Phi) is 6.38. The molecule has 3 aromatic rings. The van der Waals surface area contributed by atoms with Crippen molar-refractivity contribution in [2.75, 3.05) is 31.2 Å². The highest BCUT2D eigenvalue weighted by Crippen LogP contribution is 2.45. The van der Waals surface area contributed by atoms with Gasteiger partial charge >= 0.3 is 0 Å². The van der Waals surface area contributed by atoms with Crippen LogP contribution < -0.4 is 10.2 Å². The van der Waals surface area contributed by atoms with Crippen LogP contribution in [0.4, 0.5) is 5.69 Å². The molecule has 1 fully saturated rings. The fourth-order valence-corrected chi connectivity index (χ4v) is 6.29. The van der Waals surface area contributed by atoms with E-state index in [-0.39, 0.29) is 23.0 Å². The van der Waals surface area contributed by atoms with Gasteiger partial charge in [0.15, 0.2) is 0 Å². The molecule has 0 unspecified atom stereocenters. The highest BCUT2D eigenvalue weighted by Gasteiger charge is 2.43. The number of morpholine rings is 1. The molecule has 5 nitrogen and oxygen atoms in total. The van der Waals surface area contributed by atoms with Gasteiger partial charge in [0.05, 0.1) is 18.2 Å². The van der Waals surface area contributed by atoms with Crippen molar-refractivity contribution in [1.29, 1.82) is 0 Å². The molecule has 1 saturated heterocycles. The summed E-state index contributed by atoms with van der Waals surface area (Å²) in [5.41, 5.74) is 1.23. The van der Waals surface area contributed by atoms with Gasteiger partial charge in [0.2, 0.25) is 0 Å². The Bertz CT molecular complexity index is 1170. The summed E-state index contributed by atoms with van der Waals surface area (Å²) in [5, 5.41) is 16.8. The molecule has 1 amide bonds. The van der Waals surface area contributed by atoms with Crippen molar-refractivity contribution in [3.63, 3.8) is 0 Å². The number of aliphatic hydroxyl groups is 1. The zero-order valence-corrected chi connectivity index (χ0v) is 20.2. The largest absolute Gasteiger partial charge is 0.511 e. The van der Waals surface area contributed by atoms with Gasteiger partial charge in [0.25, 0.3) is 5.91 Å². The first-order valence-electron chi connectivity index (χ1n) is 10.7. The van der Waals surface area contributed by atoms with Crippen LogP contribution in [0.1, 0.15) is 16.9 Å². The summed E-state index contributed by atoms with van der Waals surface area (Å²) in [6.07, 6.45) is 0.267. The molecule has 2 aliphatic rings. The van der Waals surface area contributed by atoms with Gasteiger partial charge in [-0.1, -0.05) is 53.7 Å². The number of aliphatic hydroxyl groups excluding tert-OH is 1. The molecule has 8 heteroatoms. The van der Waals surface area contributed by atoms with Crippen molar-refractivity contribution in [3.8, 4) is 0 Å². The number of nitrogens with one attached hydrogen (secondary N) is 1. The molecule has 0 radical (unpaired) electrons. The monoisotopic (exact) mass is 498 g/mol. The number of nitrogens with zero attached hydrogens (tertiary/aromatic N) is 1. The van der Waals surface area contributed by atoms with Gasteiger partial charge in [-0.25, -0.2) is 0 Å². The highest BCUT2D eigenvalue weighted by atomic mass is 35.5. The van der Waals surface area contributed by atoms with Crippen LogP contribution in [0, 0.1) is 0 Å². The molecule has 2 aliphatic heterocycles. The van der Waals surface area contributed by atoms with Gasteiger partial charge in [-0.05, 0) is 41.3 Å². The maximum absolute atomic E-state index is 13.3. The van der Waals surface area contributed by atoms with Crippen LogP contribution in [0.15, 0.2) is 81.6 Å². The highest BCUT2D eigenvalue weighted by molar-refractivity contribution is 8.04. The Morgan fingerprint density at radius 3 is 2.48 bits per heavy atom. The van der Waals surface area contributed by atoms with Gasteiger partial charge in [0, 0.05) is 35.0 Å². The number of rotatable bonds is 5. The second kappa shape index (κ2) is 9.43. The molecule has 33 heavy (non-hydrogen) atoms. The Balaban J connectivity index is 1.50. The summed E-state index contributed by atoms with van der Waals surface area (Å²) in [6.45, 7) is 3.17. The van der Waals surface area contributed by atoms with Crippen molar-refractivity contribution in [2.24, 2.45) is 0 Å². The SMILES string of the molecule is O=C1N[C@](c2ccc(N3CCOCC3)cc2)(c2cccs2)CC(O)=C1Sc1ccccc1Cl. The quantitative estimate of drug-likeness (QED) is 0.482. The maximum atomic E-state index is 13.3. The van der Waals surface area contributed by atoms with Gasteiger partial charge < -0.3 is 20.1 Å². The number of anilines is 1. The molecule has 0 spiro atoms. The van der Waals surface area contributed by atoms with E-state index >= 15 is 0 Å². The summed E-state index contributed by atoms with van der Waals surface area (Å²) in [5.74, 6) is -0.247. The van der Waals surface area contributed by atoms with Crippen LogP contribution in [0.25, 0.3) is 0 Å². The average molecular weight is 499 g/mol. The van der Waals surface area contributed by atoms with Crippen molar-refractivity contribution < 1.29 is 14.6 Å². The topological polar surface area (TPSA) is 61.8 Å². The van der Waals surface area contributed by atoms with E-state index in [4.69, 9.17) is 16.3 Å². The van der Waals surface area contributed by atoms with Crippen molar-refractivity contribution in [1.82, 2.24) is 5.32 Å². The number of hydrogen-bond donors (Lipinski definition) is 2. The fourth-order valence-electron chi connectivity index (χ4n) is 4.26. The Hall–Kier alpha value is -2.45. The molecule has 0 bridgehead atoms. The minimum Gasteiger partial charge on any atom is -0.511 e. The predicted octanol–water partition coefficient (Wildman–Crippen LogP) is 5.56. The molecule has 2 N–H and O–H groups in total. The predicted molar refractivity (Wildman–Crippen MR) is 134 cm³/mol. The van der Waals surface area contributed by atoms with Crippen molar-refractivity contribution in [2.45, 2.75) is 16.9 Å². The summed E-state index contributed by atoms with van der Waals surface area (Å²) in [4.78, 5) is 17.6. The number of ether oxygens (including phenoxy) is 1. The second-order valence-corrected chi connectivity index (χ2v) is 10.4. The number of amides is 1. The molecule has 1 aromatic heterocycles. The van der Waals surface area contributed by atoms with E-state index in [1.165, 1.54) is 11.8 Å². The molecule has 3 heterocycles. The van der Waals surface area contributed by atoms with Crippen LogP contribution in [0.2, 0.25) is 5.02 Å². The van der Waals surface area contributed by atoms with Gasteiger partial charge in [0.1, 0.15) is 16.2 Å². The number of hydrogen-bond acceptors (Lipinski definition) is 6. The average Bonchev–Trinajstić information content (AvgIpc) is 3.39. The van der Waals surface area contributed by atoms with E-state index in [1.807, 2.05) is 47.8 Å². The number of carbonyl (C=O) groups excluding carboxylic acids is 1. The summed E-state index contributed by atoms with van der Waals surface area (Å²) in [6, 6.07) is 19.5. The number of halogens is 1. The lowest BCUT2D eigenvalue weighted by molar-refractivity contribution is -0.119. The van der Waals surface area contributed by atoms with Crippen LogP contribution >= 0.6 is 34.7 Å². The van der Waals surface area contributed by atoms with Crippen LogP contribution in [0.3, 0.4) is 0 Å². The van der Waals surface area contributed by atoms with Crippen LogP contribution in [-0.4, -0.2) is 37.3 Å². The number of thiophene rings is 1. The number of benzene rings is 2. The second-order valence-electron chi connectivity index (χ2n) is 7.97. The Morgan fingerprint density at radius 2 is 1.82 bits per heavy atom. The van der Waals surface area contributed by atoms with Gasteiger partial charge in [-0.2, -0.15) is 0 Å². The molecule has 170 valence electrons. The standard InChI is InChI=1S/C25H23ClN2O3S2/c26-19-4-1-2-5-21(19)33-23-20(29)16-25(27-24(23)30,22-6-3-15-32-22)17-7-9-18(10-8-17)28-11-13-31-14-12-28/h1-10,15,29H,11-14,16H2,(H,27,30)/t25-/m1/s1. The molecule has 0 aliphatic carbocycles. The molecule has 0 saturated carbocycles. The van der Waals surface area contributed by atoms with Crippen molar-refractivity contribution in [3.05, 3.63) is 92.2 Å². The summed E-state index contributed by atoms with van der Waals surface area (Å²) in [7, 11) is 0. The lowest BCUT2D eigenvalue weighted by atomic mass is 9.82. The number of carbonyl (C=O) groups is 1. The lowest BCUT2D eigenvalue weighted by Crippen LogP contribution is -2.50. The first-order chi connectivity index (χ1) is 16.1. The smallest absolute Gasteiger partial charge is 0.262 e. The van der Waals surface area contributed by atoms with E-state index < -0.39 is 5.54 Å². The molecular weight excluding hydrogens is 476 g/mol. The van der Waals surface area contributed by atoms with Gasteiger partial charge in [-0.15, -0.1) is 11.3 Å². The van der Waals surface area contributed by atoms with Crippen LogP contribution in [-0.2, 0) is 15.1 Å². The number of thioether (sulfide) groups is 1. The first kappa shape index (κ1) is 22.3. The van der Waals surface area contributed by atoms with E-state index in [0.29, 0.717) is 5.02 Å². The van der Waals surface area contributed by atoms with Crippen molar-refractivity contribution >= 4 is 46.3 Å². The van der Waals surface area contributed by atoms with Crippen LogP contribution in [0.5, 0.6) is 0 Å². The third-order valence-electron chi connectivity index (χ3n) is 5.95. The molecule has 2 aromatic carbocycles. The fraction of sp³-hybridized carbons (Fsp3) is 0.240.